The van der Waals surface area contributed by atoms with Crippen molar-refractivity contribution in [1.29, 1.82) is 0 Å². The molecule has 2 fully saturated rings. The van der Waals surface area contributed by atoms with Crippen molar-refractivity contribution in [2.75, 3.05) is 26.1 Å². The molecule has 3 rings (SSSR count). The first-order chi connectivity index (χ1) is 14.7. The van der Waals surface area contributed by atoms with Crippen LogP contribution in [0.3, 0.4) is 0 Å². The van der Waals surface area contributed by atoms with E-state index in [1.807, 2.05) is 0 Å². The van der Waals surface area contributed by atoms with Gasteiger partial charge >= 0.3 is 18.0 Å². The number of nitrogens with one attached hydrogen (secondary N) is 2. The molecule has 1 aromatic rings. The molecule has 0 radical (unpaired) electrons. The highest BCUT2D eigenvalue weighted by Crippen LogP contribution is 2.36. The van der Waals surface area contributed by atoms with Crippen LogP contribution < -0.4 is 10.6 Å². The van der Waals surface area contributed by atoms with E-state index in [1.54, 1.807) is 0 Å². The largest absolute Gasteiger partial charge is 0.465 e. The molecule has 10 heteroatoms. The average molecular weight is 431 g/mol. The number of methoxy groups -OCH3 is 2. The van der Waals surface area contributed by atoms with Gasteiger partial charge in [-0.1, -0.05) is 6.92 Å². The van der Waals surface area contributed by atoms with Crippen LogP contribution >= 0.6 is 0 Å². The third-order valence-corrected chi connectivity index (χ3v) is 5.80. The number of amides is 4. The predicted octanol–water partition coefficient (Wildman–Crippen LogP) is 1.70. The van der Waals surface area contributed by atoms with E-state index in [0.29, 0.717) is 18.8 Å². The van der Waals surface area contributed by atoms with Gasteiger partial charge in [0.05, 0.1) is 31.0 Å². The van der Waals surface area contributed by atoms with E-state index in [0.717, 1.165) is 17.7 Å². The van der Waals surface area contributed by atoms with Gasteiger partial charge in [0.2, 0.25) is 5.91 Å². The number of anilines is 1. The Kier molecular flexibility index (Phi) is 6.28. The Bertz CT molecular complexity index is 935. The van der Waals surface area contributed by atoms with E-state index in [2.05, 4.69) is 22.3 Å². The van der Waals surface area contributed by atoms with Crippen molar-refractivity contribution >= 4 is 35.5 Å². The van der Waals surface area contributed by atoms with Crippen molar-refractivity contribution in [3.63, 3.8) is 0 Å². The summed E-state index contributed by atoms with van der Waals surface area (Å²) >= 11 is 0. The third-order valence-electron chi connectivity index (χ3n) is 5.80. The van der Waals surface area contributed by atoms with Crippen LogP contribution in [0, 0.1) is 5.92 Å². The molecule has 10 nitrogen and oxygen atoms in total. The van der Waals surface area contributed by atoms with E-state index >= 15 is 0 Å². The molecule has 4 amide bonds. The summed E-state index contributed by atoms with van der Waals surface area (Å²) in [6.45, 7) is 1.58. The number of hydrogen-bond donors (Lipinski definition) is 2. The monoisotopic (exact) mass is 431 g/mol. The first kappa shape index (κ1) is 22.3. The Morgan fingerprint density at radius 3 is 2.39 bits per heavy atom. The van der Waals surface area contributed by atoms with Gasteiger partial charge in [0.1, 0.15) is 12.1 Å². The van der Waals surface area contributed by atoms with Crippen molar-refractivity contribution in [3.8, 4) is 0 Å². The van der Waals surface area contributed by atoms with Gasteiger partial charge in [0.25, 0.3) is 5.91 Å². The summed E-state index contributed by atoms with van der Waals surface area (Å²) in [6, 6.07) is 3.33. The molecular weight excluding hydrogens is 406 g/mol. The Balaban J connectivity index is 1.77. The van der Waals surface area contributed by atoms with Crippen LogP contribution in [-0.4, -0.2) is 61.0 Å². The first-order valence-electron chi connectivity index (χ1n) is 9.95. The van der Waals surface area contributed by atoms with Crippen LogP contribution in [0.15, 0.2) is 18.2 Å². The van der Waals surface area contributed by atoms with Crippen molar-refractivity contribution in [1.82, 2.24) is 10.2 Å². The number of benzene rings is 1. The fourth-order valence-corrected chi connectivity index (χ4v) is 3.93. The average Bonchev–Trinajstić information content (AvgIpc) is 2.98. The molecule has 1 saturated carbocycles. The third kappa shape index (κ3) is 4.37. The lowest BCUT2D eigenvalue weighted by molar-refractivity contribution is -0.135. The maximum absolute atomic E-state index is 12.9. The van der Waals surface area contributed by atoms with Crippen molar-refractivity contribution < 1.29 is 33.4 Å². The number of esters is 2. The number of nitrogens with zero attached hydrogens (tertiary/aromatic N) is 1. The number of rotatable bonds is 5. The molecule has 1 heterocycles. The summed E-state index contributed by atoms with van der Waals surface area (Å²) in [4.78, 5) is 62.7. The summed E-state index contributed by atoms with van der Waals surface area (Å²) < 4.78 is 9.36. The molecule has 1 saturated heterocycles. The van der Waals surface area contributed by atoms with Crippen molar-refractivity contribution in [3.05, 3.63) is 29.3 Å². The van der Waals surface area contributed by atoms with E-state index in [1.165, 1.54) is 32.4 Å². The highest BCUT2D eigenvalue weighted by molar-refractivity contribution is 6.11. The Labute approximate surface area is 179 Å². The number of hydrogen-bond acceptors (Lipinski definition) is 7. The van der Waals surface area contributed by atoms with E-state index in [9.17, 15) is 24.0 Å². The molecule has 1 spiro atoms. The minimum absolute atomic E-state index is 0.00742. The van der Waals surface area contributed by atoms with E-state index in [4.69, 9.17) is 4.74 Å². The van der Waals surface area contributed by atoms with Crippen LogP contribution in [0.25, 0.3) is 0 Å². The Hall–Kier alpha value is -3.43. The van der Waals surface area contributed by atoms with Gasteiger partial charge in [0, 0.05) is 0 Å². The van der Waals surface area contributed by atoms with Crippen LogP contribution in [0.4, 0.5) is 10.5 Å². The molecular formula is C21H25N3O7. The molecule has 0 bridgehead atoms. The van der Waals surface area contributed by atoms with Gasteiger partial charge in [0.15, 0.2) is 0 Å². The minimum Gasteiger partial charge on any atom is -0.465 e. The second-order valence-electron chi connectivity index (χ2n) is 7.88. The molecule has 0 unspecified atom stereocenters. The van der Waals surface area contributed by atoms with Crippen LogP contribution in [0.1, 0.15) is 53.3 Å². The zero-order valence-corrected chi connectivity index (χ0v) is 17.6. The number of ether oxygens (including phenoxy) is 2. The summed E-state index contributed by atoms with van der Waals surface area (Å²) in [5, 5.41) is 5.24. The maximum atomic E-state index is 12.9. The zero-order chi connectivity index (χ0) is 22.8. The topological polar surface area (TPSA) is 131 Å². The molecule has 31 heavy (non-hydrogen) atoms. The maximum Gasteiger partial charge on any atom is 0.339 e. The van der Waals surface area contributed by atoms with Gasteiger partial charge in [-0.05, 0) is 49.8 Å². The highest BCUT2D eigenvalue weighted by atomic mass is 16.5. The molecule has 1 aromatic carbocycles. The quantitative estimate of drug-likeness (QED) is 0.536. The standard InChI is InChI=1S/C21H25N3O7/c1-12-6-8-21(9-7-12)19(28)24(20(29)23-21)11-16(25)22-15-10-13(17(26)30-2)4-5-14(15)18(27)31-3/h4-5,10,12H,6-9,11H2,1-3H3,(H,22,25)(H,23,29). The Morgan fingerprint density at radius 2 is 1.77 bits per heavy atom. The number of carbonyl (C=O) groups excluding carboxylic acids is 5. The fraction of sp³-hybridized carbons (Fsp3) is 0.476. The van der Waals surface area contributed by atoms with Gasteiger partial charge in [-0.2, -0.15) is 0 Å². The molecule has 166 valence electrons. The molecule has 0 atom stereocenters. The predicted molar refractivity (Wildman–Crippen MR) is 108 cm³/mol. The summed E-state index contributed by atoms with van der Waals surface area (Å²) in [6.07, 6.45) is 2.69. The second-order valence-corrected chi connectivity index (χ2v) is 7.88. The summed E-state index contributed by atoms with van der Waals surface area (Å²) in [5.41, 5.74) is -0.826. The first-order valence-corrected chi connectivity index (χ1v) is 9.95. The van der Waals surface area contributed by atoms with E-state index < -0.39 is 41.9 Å². The van der Waals surface area contributed by atoms with Crippen molar-refractivity contribution in [2.24, 2.45) is 5.92 Å². The minimum atomic E-state index is -0.953. The lowest BCUT2D eigenvalue weighted by Crippen LogP contribution is -2.49. The van der Waals surface area contributed by atoms with Crippen LogP contribution in [0.5, 0.6) is 0 Å². The summed E-state index contributed by atoms with van der Waals surface area (Å²) in [5.74, 6) is -2.02. The van der Waals surface area contributed by atoms with Crippen molar-refractivity contribution in [2.45, 2.75) is 38.1 Å². The van der Waals surface area contributed by atoms with Gasteiger partial charge in [-0.15, -0.1) is 0 Å². The molecule has 0 aromatic heterocycles. The smallest absolute Gasteiger partial charge is 0.339 e. The molecule has 2 aliphatic rings. The number of urea groups is 1. The van der Waals surface area contributed by atoms with E-state index in [-0.39, 0.29) is 16.8 Å². The number of carbonyl (C=O) groups is 5. The lowest BCUT2D eigenvalue weighted by Gasteiger charge is -2.33. The van der Waals surface area contributed by atoms with Crippen LogP contribution in [0.2, 0.25) is 0 Å². The summed E-state index contributed by atoms with van der Waals surface area (Å²) in [7, 11) is 2.38. The normalized spacial score (nSPS) is 22.8. The zero-order valence-electron chi connectivity index (χ0n) is 17.6. The SMILES string of the molecule is COC(=O)c1ccc(C(=O)OC)c(NC(=O)CN2C(=O)NC3(CCC(C)CC3)C2=O)c1. The molecule has 1 aliphatic heterocycles. The fourth-order valence-electron chi connectivity index (χ4n) is 3.93. The second kappa shape index (κ2) is 8.75. The van der Waals surface area contributed by atoms with Gasteiger partial charge < -0.3 is 20.1 Å². The highest BCUT2D eigenvalue weighted by Gasteiger charge is 2.52. The Morgan fingerprint density at radius 1 is 1.13 bits per heavy atom. The van der Waals surface area contributed by atoms with Crippen LogP contribution in [-0.2, 0) is 19.1 Å². The molecule has 1 aliphatic carbocycles. The van der Waals surface area contributed by atoms with Gasteiger partial charge in [-0.3, -0.25) is 14.5 Å². The molecule has 2 N–H and O–H groups in total. The van der Waals surface area contributed by atoms with Gasteiger partial charge in [-0.25, -0.2) is 14.4 Å². The number of imide groups is 1. The lowest BCUT2D eigenvalue weighted by atomic mass is 9.77.